The molecule has 0 bridgehead atoms. The van der Waals surface area contributed by atoms with Gasteiger partial charge < -0.3 is 19.3 Å². The number of imidazole rings is 1. The Labute approximate surface area is 254 Å². The zero-order chi connectivity index (χ0) is 31.9. The maximum absolute atomic E-state index is 14.6. The number of benzene rings is 3. The lowest BCUT2D eigenvalue weighted by atomic mass is 9.92. The number of ether oxygens (including phenoxy) is 2. The molecule has 45 heavy (non-hydrogen) atoms. The maximum atomic E-state index is 14.6. The monoisotopic (exact) mass is 632 g/mol. The first kappa shape index (κ1) is 30.6. The van der Waals surface area contributed by atoms with Crippen LogP contribution in [0.4, 0.5) is 37.7 Å². The van der Waals surface area contributed by atoms with Gasteiger partial charge in [0.15, 0.2) is 6.61 Å². The molecule has 0 unspecified atom stereocenters. The molecule has 7 nitrogen and oxygen atoms in total. The van der Waals surface area contributed by atoms with Crippen LogP contribution in [0.15, 0.2) is 83.9 Å². The lowest BCUT2D eigenvalue weighted by Crippen LogP contribution is -2.46. The van der Waals surface area contributed by atoms with Crippen molar-refractivity contribution in [3.63, 3.8) is 0 Å². The van der Waals surface area contributed by atoms with Crippen LogP contribution in [0.3, 0.4) is 0 Å². The van der Waals surface area contributed by atoms with Gasteiger partial charge in [-0.1, -0.05) is 6.07 Å². The summed E-state index contributed by atoms with van der Waals surface area (Å²) in [6, 6.07) is 16.7. The Balaban J connectivity index is 1.07. The Morgan fingerprint density at radius 1 is 0.867 bits per heavy atom. The summed E-state index contributed by atoms with van der Waals surface area (Å²) in [5.74, 6) is -5.53. The van der Waals surface area contributed by atoms with Gasteiger partial charge in [0.1, 0.15) is 23.0 Å². The summed E-state index contributed by atoms with van der Waals surface area (Å²) in [6.07, 6.45) is -0.520. The minimum Gasteiger partial charge on any atom is -0.487 e. The second-order valence-corrected chi connectivity index (χ2v) is 11.2. The van der Waals surface area contributed by atoms with Crippen molar-refractivity contribution in [1.82, 2.24) is 9.13 Å². The van der Waals surface area contributed by atoms with Gasteiger partial charge in [0.05, 0.1) is 18.3 Å². The van der Waals surface area contributed by atoms with Gasteiger partial charge in [0.25, 0.3) is 0 Å². The largest absolute Gasteiger partial charge is 0.487 e. The fourth-order valence-corrected chi connectivity index (χ4v) is 5.68. The maximum Gasteiger partial charge on any atom is 0.340 e. The number of aromatic nitrogens is 2. The quantitative estimate of drug-likeness (QED) is 0.158. The fourth-order valence-electron chi connectivity index (χ4n) is 5.68. The summed E-state index contributed by atoms with van der Waals surface area (Å²) >= 11 is 0. The minimum absolute atomic E-state index is 0.0869. The highest BCUT2D eigenvalue weighted by molar-refractivity contribution is 5.55. The molecule has 0 aliphatic carbocycles. The number of anilines is 2. The molecule has 3 aromatic carbocycles. The second-order valence-electron chi connectivity index (χ2n) is 11.2. The topological polar surface area (TPSA) is 55.2 Å². The third kappa shape index (κ3) is 6.00. The molecule has 2 fully saturated rings. The molecule has 6 rings (SSSR count). The van der Waals surface area contributed by atoms with E-state index in [9.17, 15) is 31.1 Å². The van der Waals surface area contributed by atoms with Crippen LogP contribution in [0.25, 0.3) is 5.69 Å². The summed E-state index contributed by atoms with van der Waals surface area (Å²) in [7, 11) is 0. The van der Waals surface area contributed by atoms with E-state index >= 15 is 0 Å². The lowest BCUT2D eigenvalue weighted by Gasteiger charge is -2.37. The molecule has 1 aromatic heterocycles. The third-order valence-electron chi connectivity index (χ3n) is 8.46. The number of halogens is 6. The van der Waals surface area contributed by atoms with Crippen LogP contribution < -0.4 is 20.2 Å². The molecule has 0 spiro atoms. The van der Waals surface area contributed by atoms with Crippen molar-refractivity contribution >= 4 is 11.4 Å². The van der Waals surface area contributed by atoms with Gasteiger partial charge in [-0.2, -0.15) is 8.78 Å². The number of rotatable bonds is 10. The summed E-state index contributed by atoms with van der Waals surface area (Å²) in [4.78, 5) is 17.7. The van der Waals surface area contributed by atoms with E-state index in [0.717, 1.165) is 17.4 Å². The third-order valence-corrected chi connectivity index (χ3v) is 8.46. The van der Waals surface area contributed by atoms with Gasteiger partial charge in [0.2, 0.25) is 0 Å². The number of piperazine rings is 1. The van der Waals surface area contributed by atoms with E-state index in [0.29, 0.717) is 31.9 Å². The van der Waals surface area contributed by atoms with E-state index in [2.05, 4.69) is 9.80 Å². The Kier molecular flexibility index (Phi) is 8.06. The predicted octanol–water partition coefficient (Wildman–Crippen LogP) is 6.01. The number of hydrogen-bond acceptors (Lipinski definition) is 5. The number of nitrogens with zero attached hydrogens (tertiary/aromatic N) is 4. The summed E-state index contributed by atoms with van der Waals surface area (Å²) in [5, 5.41) is 0. The van der Waals surface area contributed by atoms with E-state index in [4.69, 9.17) is 9.47 Å². The molecule has 2 saturated heterocycles. The number of epoxide rings is 1. The van der Waals surface area contributed by atoms with Crippen LogP contribution in [-0.4, -0.2) is 60.9 Å². The SMILES string of the molecule is C[C@@H](n1ccn(-c2ccc(N3CCN(c4ccc(OCC(F)(F)C(F)F)cc4)CC3)cc2)c1=O)[C@@]1(c2ccc(F)cc2F)CO1. The Morgan fingerprint density at radius 2 is 1.42 bits per heavy atom. The summed E-state index contributed by atoms with van der Waals surface area (Å²) < 4.78 is 92.4. The molecule has 238 valence electrons. The van der Waals surface area contributed by atoms with Gasteiger partial charge in [0, 0.05) is 61.6 Å². The van der Waals surface area contributed by atoms with Gasteiger partial charge >= 0.3 is 18.0 Å². The zero-order valence-corrected chi connectivity index (χ0v) is 24.2. The fraction of sp³-hybridized carbons (Fsp3) is 0.344. The summed E-state index contributed by atoms with van der Waals surface area (Å²) in [6.45, 7) is 3.36. The molecule has 13 heteroatoms. The van der Waals surface area contributed by atoms with Gasteiger partial charge in [-0.25, -0.2) is 22.4 Å². The van der Waals surface area contributed by atoms with E-state index in [-0.39, 0.29) is 23.6 Å². The van der Waals surface area contributed by atoms with Crippen molar-refractivity contribution in [2.24, 2.45) is 0 Å². The van der Waals surface area contributed by atoms with Crippen molar-refractivity contribution in [1.29, 1.82) is 0 Å². The molecule has 2 atom stereocenters. The van der Waals surface area contributed by atoms with Crippen LogP contribution >= 0.6 is 0 Å². The van der Waals surface area contributed by atoms with Crippen molar-refractivity contribution in [3.8, 4) is 11.4 Å². The molecule has 2 aliphatic heterocycles. The highest BCUT2D eigenvalue weighted by Gasteiger charge is 2.54. The highest BCUT2D eigenvalue weighted by atomic mass is 19.3. The standard InChI is InChI=1S/C32H30F6N4O3/c1-21(31(19-45-31)27-11-2-22(33)18-28(27)34)41-16-17-42(30(41)43)25-5-3-23(4-6-25)39-12-14-40(15-13-39)24-7-9-26(10-8-24)44-20-32(37,38)29(35)36/h2-11,16-18,21,29H,12-15,19-20H2,1H3/t21-,31-/m1/s1. The second kappa shape index (κ2) is 11.8. The van der Waals surface area contributed by atoms with E-state index < -0.39 is 42.2 Å². The first-order valence-electron chi connectivity index (χ1n) is 14.4. The van der Waals surface area contributed by atoms with Crippen molar-refractivity contribution < 1.29 is 35.8 Å². The Bertz CT molecular complexity index is 1700. The lowest BCUT2D eigenvalue weighted by molar-refractivity contribution is -0.148. The van der Waals surface area contributed by atoms with E-state index in [1.807, 2.05) is 24.3 Å². The molecule has 0 amide bonds. The normalized spacial score (nSPS) is 19.2. The highest BCUT2D eigenvalue weighted by Crippen LogP contribution is 2.48. The molecule has 0 N–H and O–H groups in total. The average Bonchev–Trinajstić information content (AvgIpc) is 3.75. The average molecular weight is 633 g/mol. The van der Waals surface area contributed by atoms with Crippen molar-refractivity contribution in [3.05, 3.63) is 107 Å². The molecule has 4 aromatic rings. The first-order chi connectivity index (χ1) is 21.5. The Hall–Kier alpha value is -4.39. The summed E-state index contributed by atoms with van der Waals surface area (Å²) in [5.41, 5.74) is 1.32. The van der Waals surface area contributed by atoms with Gasteiger partial charge in [-0.05, 0) is 61.5 Å². The molecular weight excluding hydrogens is 602 g/mol. The van der Waals surface area contributed by atoms with Crippen LogP contribution in [0.1, 0.15) is 18.5 Å². The number of alkyl halides is 4. The predicted molar refractivity (Wildman–Crippen MR) is 156 cm³/mol. The van der Waals surface area contributed by atoms with E-state index in [1.54, 1.807) is 31.5 Å². The Morgan fingerprint density at radius 3 is 1.96 bits per heavy atom. The molecule has 3 heterocycles. The van der Waals surface area contributed by atoms with E-state index in [1.165, 1.54) is 33.4 Å². The van der Waals surface area contributed by atoms with Crippen LogP contribution in [0, 0.1) is 11.6 Å². The molecule has 0 saturated carbocycles. The van der Waals surface area contributed by atoms with Gasteiger partial charge in [-0.3, -0.25) is 9.13 Å². The number of hydrogen-bond donors (Lipinski definition) is 0. The smallest absolute Gasteiger partial charge is 0.340 e. The van der Waals surface area contributed by atoms with Crippen LogP contribution in [0.2, 0.25) is 0 Å². The van der Waals surface area contributed by atoms with Crippen molar-refractivity contribution in [2.75, 3.05) is 49.2 Å². The molecule has 2 aliphatic rings. The minimum atomic E-state index is -4.21. The van der Waals surface area contributed by atoms with Crippen LogP contribution in [0.5, 0.6) is 5.75 Å². The first-order valence-corrected chi connectivity index (χ1v) is 14.4. The van der Waals surface area contributed by atoms with Crippen molar-refractivity contribution in [2.45, 2.75) is 30.9 Å². The van der Waals surface area contributed by atoms with Gasteiger partial charge in [-0.15, -0.1) is 0 Å². The molecule has 0 radical (unpaired) electrons. The molecular formula is C32H30F6N4O3. The van der Waals surface area contributed by atoms with Crippen LogP contribution in [-0.2, 0) is 10.3 Å². The zero-order valence-electron chi connectivity index (χ0n) is 24.2.